The van der Waals surface area contributed by atoms with E-state index in [1.807, 2.05) is 0 Å². The van der Waals surface area contributed by atoms with Gasteiger partial charge < -0.3 is 13.7 Å². The molecule has 1 atom stereocenters. The van der Waals surface area contributed by atoms with Crippen molar-refractivity contribution < 1.29 is 0 Å². The van der Waals surface area contributed by atoms with Crippen LogP contribution in [0, 0.1) is 0 Å². The van der Waals surface area contributed by atoms with E-state index in [1.54, 1.807) is 0 Å². The van der Waals surface area contributed by atoms with Crippen LogP contribution in [0.25, 0.3) is 76.8 Å². The molecule has 3 aromatic heterocycles. The fourth-order valence-electron chi connectivity index (χ4n) is 9.19. The van der Waals surface area contributed by atoms with Crippen LogP contribution >= 0.6 is 0 Å². The smallest absolute Gasteiger partial charge is 0.235 e. The minimum Gasteiger partial charge on any atom is -0.318 e. The van der Waals surface area contributed by atoms with Gasteiger partial charge in [0.25, 0.3) is 0 Å². The largest absolute Gasteiger partial charge is 0.318 e. The molecule has 0 fully saturated rings. The van der Waals surface area contributed by atoms with Crippen molar-refractivity contribution in [3.63, 3.8) is 0 Å². The van der Waals surface area contributed by atoms with Gasteiger partial charge in [-0.2, -0.15) is 4.58 Å². The lowest BCUT2D eigenvalue weighted by Crippen LogP contribution is -2.30. The number of hydrogen-bond donors (Lipinski definition) is 0. The Bertz CT molecular complexity index is 3220. The van der Waals surface area contributed by atoms with Crippen LogP contribution in [0.3, 0.4) is 0 Å². The van der Waals surface area contributed by atoms with Gasteiger partial charge in [0.1, 0.15) is 11.6 Å². The molecular weight excluding hydrogens is 633 g/mol. The maximum Gasteiger partial charge on any atom is 0.235 e. The maximum absolute atomic E-state index is 2.57. The molecule has 4 nitrogen and oxygen atoms in total. The average molecular weight is 664 g/mol. The molecule has 1 aliphatic heterocycles. The molecular formula is C48H31N4+. The van der Waals surface area contributed by atoms with Crippen LogP contribution in [-0.4, -0.2) is 19.4 Å². The predicted molar refractivity (Wildman–Crippen MR) is 218 cm³/mol. The van der Waals surface area contributed by atoms with Crippen molar-refractivity contribution in [2.75, 3.05) is 0 Å². The van der Waals surface area contributed by atoms with Crippen LogP contribution in [0.5, 0.6) is 0 Å². The Morgan fingerprint density at radius 3 is 1.83 bits per heavy atom. The van der Waals surface area contributed by atoms with E-state index < -0.39 is 0 Å². The summed E-state index contributed by atoms with van der Waals surface area (Å²) >= 11 is 0. The molecule has 4 heterocycles. The van der Waals surface area contributed by atoms with Gasteiger partial charge in [0.15, 0.2) is 0 Å². The van der Waals surface area contributed by atoms with Gasteiger partial charge >= 0.3 is 0 Å². The van der Waals surface area contributed by atoms with E-state index in [0.29, 0.717) is 0 Å². The van der Waals surface area contributed by atoms with Crippen molar-refractivity contribution in [3.05, 3.63) is 182 Å². The molecule has 0 N–H and O–H groups in total. The van der Waals surface area contributed by atoms with Crippen molar-refractivity contribution in [2.45, 2.75) is 6.04 Å². The summed E-state index contributed by atoms with van der Waals surface area (Å²) in [5, 5.41) is 7.57. The number of rotatable bonds is 3. The first-order valence-electron chi connectivity index (χ1n) is 18.0. The molecule has 242 valence electrons. The fourth-order valence-corrected chi connectivity index (χ4v) is 9.19. The lowest BCUT2D eigenvalue weighted by molar-refractivity contribution is 0.781. The first kappa shape index (κ1) is 27.9. The van der Waals surface area contributed by atoms with Gasteiger partial charge in [-0.25, -0.2) is 0 Å². The zero-order chi connectivity index (χ0) is 33.9. The molecule has 12 rings (SSSR count). The van der Waals surface area contributed by atoms with Gasteiger partial charge in [-0.05, 0) is 54.6 Å². The molecule has 1 unspecified atom stereocenters. The van der Waals surface area contributed by atoms with Crippen LogP contribution in [0.2, 0.25) is 0 Å². The fraction of sp³-hybridized carbons (Fsp3) is 0.0208. The molecule has 0 radical (unpaired) electrons. The molecule has 0 saturated heterocycles. The molecule has 10 aromatic rings. The summed E-state index contributed by atoms with van der Waals surface area (Å²) in [5.74, 6) is 0. The molecule has 0 bridgehead atoms. The molecule has 0 amide bonds. The normalized spacial score (nSPS) is 15.3. The number of fused-ring (bicyclic) bond motifs is 11. The van der Waals surface area contributed by atoms with Gasteiger partial charge in [0.2, 0.25) is 17.1 Å². The van der Waals surface area contributed by atoms with Crippen LogP contribution in [0.4, 0.5) is 11.4 Å². The Morgan fingerprint density at radius 1 is 0.423 bits per heavy atom. The first-order chi connectivity index (χ1) is 25.8. The summed E-state index contributed by atoms with van der Waals surface area (Å²) in [4.78, 5) is 0. The predicted octanol–water partition coefficient (Wildman–Crippen LogP) is 11.9. The second kappa shape index (κ2) is 10.3. The summed E-state index contributed by atoms with van der Waals surface area (Å²) in [6.07, 6.45) is 8.98. The zero-order valence-electron chi connectivity index (χ0n) is 28.2. The molecule has 0 saturated carbocycles. The van der Waals surface area contributed by atoms with Crippen molar-refractivity contribution >= 4 is 82.5 Å². The van der Waals surface area contributed by atoms with Gasteiger partial charge in [0, 0.05) is 68.0 Å². The first-order valence-corrected chi connectivity index (χ1v) is 18.0. The Hall–Kier alpha value is -6.91. The SMILES string of the molecule is C1=CC2=[N+](c3ccccc3)c3cccc4c5cc6c(cc5n(c34)C2C=C1)c1ccccc1n6-c1ccc2c(c1)c1ccccc1n2-c1ccccc1. The van der Waals surface area contributed by atoms with E-state index in [0.717, 1.165) is 5.69 Å². The van der Waals surface area contributed by atoms with E-state index >= 15 is 0 Å². The van der Waals surface area contributed by atoms with Crippen LogP contribution in [-0.2, 0) is 0 Å². The molecule has 52 heavy (non-hydrogen) atoms. The van der Waals surface area contributed by atoms with E-state index in [1.165, 1.54) is 88.2 Å². The quantitative estimate of drug-likeness (QED) is 0.168. The second-order valence-electron chi connectivity index (χ2n) is 14.0. The highest BCUT2D eigenvalue weighted by Gasteiger charge is 2.37. The number of benzene rings is 7. The van der Waals surface area contributed by atoms with E-state index in [4.69, 9.17) is 0 Å². The Kier molecular flexibility index (Phi) is 5.53. The number of hydrogen-bond acceptors (Lipinski definition) is 0. The third kappa shape index (κ3) is 3.63. The molecule has 7 aromatic carbocycles. The highest BCUT2D eigenvalue weighted by Crippen LogP contribution is 2.46. The standard InChI is InChI=1S/C48H31N4/c1-3-14-31(15-4-1)49-40-21-9-7-18-34(40)37-28-33(26-27-42(37)49)51-41-22-10-8-19-35(41)38-29-47-39(30-46(38)51)36-20-13-25-45-48(36)52(47)44-24-12-11-23-43(44)50(45)32-16-5-2-6-17-32/h1-30,44H/q+1. The lowest BCUT2D eigenvalue weighted by Gasteiger charge is -2.24. The number of nitrogens with zero attached hydrogens (tertiary/aromatic N) is 4. The van der Waals surface area contributed by atoms with Crippen molar-refractivity contribution in [2.24, 2.45) is 0 Å². The summed E-state index contributed by atoms with van der Waals surface area (Å²) in [6.45, 7) is 0. The van der Waals surface area contributed by atoms with Gasteiger partial charge in [-0.1, -0.05) is 103 Å². The van der Waals surface area contributed by atoms with Crippen molar-refractivity contribution in [1.82, 2.24) is 18.3 Å². The Labute approximate surface area is 299 Å². The number of aromatic nitrogens is 3. The zero-order valence-corrected chi connectivity index (χ0v) is 28.2. The van der Waals surface area contributed by atoms with E-state index in [9.17, 15) is 0 Å². The maximum atomic E-state index is 2.57. The third-order valence-electron chi connectivity index (χ3n) is 11.3. The summed E-state index contributed by atoms with van der Waals surface area (Å²) in [6, 6.07) is 57.9. The molecule has 1 aliphatic carbocycles. The summed E-state index contributed by atoms with van der Waals surface area (Å²) in [7, 11) is 0. The molecule has 2 aliphatic rings. The van der Waals surface area contributed by atoms with Gasteiger partial charge in [-0.3, -0.25) is 0 Å². The lowest BCUT2D eigenvalue weighted by atomic mass is 10.0. The topological polar surface area (TPSA) is 17.8 Å². The highest BCUT2D eigenvalue weighted by molar-refractivity contribution is 6.22. The summed E-state index contributed by atoms with van der Waals surface area (Å²) < 4.78 is 9.88. The molecule has 0 spiro atoms. The second-order valence-corrected chi connectivity index (χ2v) is 14.0. The van der Waals surface area contributed by atoms with E-state index in [-0.39, 0.29) is 6.04 Å². The monoisotopic (exact) mass is 663 g/mol. The Morgan fingerprint density at radius 2 is 1.04 bits per heavy atom. The number of para-hydroxylation sites is 5. The molecule has 4 heteroatoms. The van der Waals surface area contributed by atoms with Crippen LogP contribution in [0.1, 0.15) is 6.04 Å². The minimum atomic E-state index is 0.0789. The third-order valence-corrected chi connectivity index (χ3v) is 11.3. The van der Waals surface area contributed by atoms with Gasteiger partial charge in [0.05, 0.1) is 27.6 Å². The average Bonchev–Trinajstić information content (AvgIpc) is 3.84. The summed E-state index contributed by atoms with van der Waals surface area (Å²) in [5.41, 5.74) is 13.4. The minimum absolute atomic E-state index is 0.0789. The number of allylic oxidation sites excluding steroid dienone is 4. The van der Waals surface area contributed by atoms with Gasteiger partial charge in [-0.15, -0.1) is 0 Å². The Balaban J connectivity index is 1.16. The van der Waals surface area contributed by atoms with Crippen LogP contribution < -0.4 is 4.58 Å². The van der Waals surface area contributed by atoms with Crippen molar-refractivity contribution in [3.8, 4) is 11.4 Å². The van der Waals surface area contributed by atoms with E-state index in [2.05, 4.69) is 200 Å². The van der Waals surface area contributed by atoms with Crippen molar-refractivity contribution in [1.29, 1.82) is 0 Å². The van der Waals surface area contributed by atoms with Crippen LogP contribution in [0.15, 0.2) is 182 Å². The highest BCUT2D eigenvalue weighted by atomic mass is 15.2.